The Balaban J connectivity index is 0.000000667. The second-order valence-corrected chi connectivity index (χ2v) is 3.25. The first-order valence-corrected chi connectivity index (χ1v) is 5.20. The van der Waals surface area contributed by atoms with Gasteiger partial charge < -0.3 is 26.6 Å². The summed E-state index contributed by atoms with van der Waals surface area (Å²) in [4.78, 5) is 20.8. The third kappa shape index (κ3) is 4.11. The van der Waals surface area contributed by atoms with E-state index in [2.05, 4.69) is 21.7 Å². The molecule has 104 valence electrons. The number of imidazole rings is 1. The molecule has 0 radical (unpaired) electrons. The van der Waals surface area contributed by atoms with Gasteiger partial charge in [0.15, 0.2) is 0 Å². The van der Waals surface area contributed by atoms with Crippen LogP contribution in [0.1, 0.15) is 0 Å². The number of rotatable bonds is 1. The summed E-state index contributed by atoms with van der Waals surface area (Å²) in [5, 5.41) is 6.25. The van der Waals surface area contributed by atoms with Crippen molar-refractivity contribution in [3.8, 4) is 11.5 Å². The van der Waals surface area contributed by atoms with Gasteiger partial charge in [-0.1, -0.05) is 30.3 Å². The maximum atomic E-state index is 7.75. The quantitative estimate of drug-likeness (QED) is 0.424. The minimum atomic E-state index is 0. The van der Waals surface area contributed by atoms with Crippen LogP contribution >= 0.6 is 0 Å². The first-order valence-electron chi connectivity index (χ1n) is 5.20. The van der Waals surface area contributed by atoms with Crippen LogP contribution in [0.25, 0.3) is 22.6 Å². The summed E-state index contributed by atoms with van der Waals surface area (Å²) in [6.45, 7) is 8.00. The second kappa shape index (κ2) is 9.60. The SMILES string of the molecule is [C-]#N.[CH-]=O.[Pt].c1ccc(-c2nc3ccccc3[n-]2)nc1. The van der Waals surface area contributed by atoms with Gasteiger partial charge in [0.05, 0.1) is 5.69 Å². The van der Waals surface area contributed by atoms with E-state index < -0.39 is 0 Å². The average Bonchev–Trinajstić information content (AvgIpc) is 2.96. The third-order valence-corrected chi connectivity index (χ3v) is 2.23. The Bertz CT molecular complexity index is 619. The van der Waals surface area contributed by atoms with Crippen LogP contribution in [-0.2, 0) is 25.9 Å². The molecular formula is C14H9N4OPt-3. The molecule has 0 saturated heterocycles. The fraction of sp³-hybridized carbons (Fsp3) is 0. The van der Waals surface area contributed by atoms with Crippen LogP contribution in [0.4, 0.5) is 0 Å². The van der Waals surface area contributed by atoms with Gasteiger partial charge >= 0.3 is 0 Å². The van der Waals surface area contributed by atoms with E-state index in [1.165, 1.54) is 0 Å². The van der Waals surface area contributed by atoms with E-state index in [1.54, 1.807) is 6.20 Å². The van der Waals surface area contributed by atoms with Crippen LogP contribution in [0.3, 0.4) is 0 Å². The predicted molar refractivity (Wildman–Crippen MR) is 70.0 cm³/mol. The summed E-state index contributed by atoms with van der Waals surface area (Å²) in [6, 6.07) is 13.5. The average molecular weight is 444 g/mol. The Hall–Kier alpha value is -2.31. The minimum Gasteiger partial charge on any atom is -0.545 e. The molecule has 0 spiro atoms. The van der Waals surface area contributed by atoms with Crippen molar-refractivity contribution in [1.29, 1.82) is 5.26 Å². The fourth-order valence-corrected chi connectivity index (χ4v) is 1.52. The smallest absolute Gasteiger partial charge is 0.0620 e. The number of para-hydroxylation sites is 2. The number of carbonyl (C=O) groups excluding carboxylic acids is 1. The number of benzene rings is 1. The summed E-state index contributed by atoms with van der Waals surface area (Å²) in [6.07, 6.45) is 1.75. The zero-order valence-corrected chi connectivity index (χ0v) is 12.5. The Morgan fingerprint density at radius 3 is 2.30 bits per heavy atom. The predicted octanol–water partition coefficient (Wildman–Crippen LogP) is 2.07. The molecule has 20 heavy (non-hydrogen) atoms. The molecule has 2 heterocycles. The molecule has 6 heteroatoms. The molecule has 0 atom stereocenters. The molecule has 0 aliphatic rings. The first kappa shape index (κ1) is 17.7. The van der Waals surface area contributed by atoms with Crippen LogP contribution in [0.5, 0.6) is 0 Å². The zero-order chi connectivity index (χ0) is 14.1. The molecule has 0 N–H and O–H groups in total. The van der Waals surface area contributed by atoms with Gasteiger partial charge in [-0.05, 0) is 29.0 Å². The summed E-state index contributed by atoms with van der Waals surface area (Å²) in [7, 11) is 0. The van der Waals surface area contributed by atoms with Crippen LogP contribution in [0.2, 0.25) is 0 Å². The van der Waals surface area contributed by atoms with Crippen molar-refractivity contribution in [2.24, 2.45) is 0 Å². The molecule has 0 fully saturated rings. The molecule has 0 amide bonds. The van der Waals surface area contributed by atoms with Gasteiger partial charge in [-0.15, -0.1) is 0 Å². The summed E-state index contributed by atoms with van der Waals surface area (Å²) < 4.78 is 0. The normalized spacial score (nSPS) is 8.30. The number of hydrogen-bond acceptors (Lipinski definition) is 4. The summed E-state index contributed by atoms with van der Waals surface area (Å²) >= 11 is 0. The van der Waals surface area contributed by atoms with E-state index in [-0.39, 0.29) is 21.1 Å². The molecule has 3 rings (SSSR count). The minimum absolute atomic E-state index is 0. The van der Waals surface area contributed by atoms with Gasteiger partial charge in [-0.25, -0.2) is 0 Å². The Kier molecular flexibility index (Phi) is 8.49. The third-order valence-electron chi connectivity index (χ3n) is 2.23. The van der Waals surface area contributed by atoms with Crippen molar-refractivity contribution < 1.29 is 25.9 Å². The fourth-order valence-electron chi connectivity index (χ4n) is 1.52. The van der Waals surface area contributed by atoms with Gasteiger partial charge in [0, 0.05) is 27.3 Å². The van der Waals surface area contributed by atoms with Crippen LogP contribution < -0.4 is 4.98 Å². The summed E-state index contributed by atoms with van der Waals surface area (Å²) in [5.41, 5.74) is 2.64. The van der Waals surface area contributed by atoms with Crippen molar-refractivity contribution >= 4 is 17.8 Å². The van der Waals surface area contributed by atoms with Crippen molar-refractivity contribution in [3.63, 3.8) is 0 Å². The van der Waals surface area contributed by atoms with E-state index in [0.29, 0.717) is 5.82 Å². The van der Waals surface area contributed by atoms with E-state index in [0.717, 1.165) is 16.7 Å². The molecule has 2 aromatic heterocycles. The topological polar surface area (TPSA) is 80.7 Å². The molecule has 1 aromatic carbocycles. The van der Waals surface area contributed by atoms with E-state index in [9.17, 15) is 0 Å². The molecular weight excluding hydrogens is 435 g/mol. The van der Waals surface area contributed by atoms with Crippen LogP contribution in [0, 0.1) is 11.8 Å². The van der Waals surface area contributed by atoms with Crippen LogP contribution in [0.15, 0.2) is 48.7 Å². The van der Waals surface area contributed by atoms with Crippen LogP contribution in [-0.4, -0.2) is 16.8 Å². The Morgan fingerprint density at radius 1 is 1.05 bits per heavy atom. The van der Waals surface area contributed by atoms with Gasteiger partial charge in [0.25, 0.3) is 0 Å². The Morgan fingerprint density at radius 2 is 1.70 bits per heavy atom. The van der Waals surface area contributed by atoms with Gasteiger partial charge in [0.1, 0.15) is 0 Å². The maximum Gasteiger partial charge on any atom is 0.0620 e. The molecule has 0 aliphatic heterocycles. The number of hydrogen-bond donors (Lipinski definition) is 0. The number of fused-ring (bicyclic) bond motifs is 1. The van der Waals surface area contributed by atoms with E-state index >= 15 is 0 Å². The summed E-state index contributed by atoms with van der Waals surface area (Å²) in [5.74, 6) is 0.691. The van der Waals surface area contributed by atoms with Crippen molar-refractivity contribution in [1.82, 2.24) is 15.0 Å². The standard InChI is InChI=1S/C12H8N3.CN.CHO.Pt/c1-2-6-10-9(5-1)14-12(15-10)11-7-3-4-8-13-11;2*1-2;/h1-8H;;1H;/q3*-1;. The number of pyridine rings is 1. The van der Waals surface area contributed by atoms with Crippen molar-refractivity contribution in [2.45, 2.75) is 0 Å². The zero-order valence-electron chi connectivity index (χ0n) is 10.2. The maximum absolute atomic E-state index is 7.75. The first-order chi connectivity index (χ1) is 9.43. The molecule has 0 aliphatic carbocycles. The number of nitrogens with zero attached hydrogens (tertiary/aromatic N) is 4. The Labute approximate surface area is 131 Å². The van der Waals surface area contributed by atoms with Gasteiger partial charge in [-0.3, -0.25) is 11.8 Å². The monoisotopic (exact) mass is 444 g/mol. The second-order valence-electron chi connectivity index (χ2n) is 3.25. The molecule has 0 unspecified atom stereocenters. The van der Waals surface area contributed by atoms with Gasteiger partial charge in [0.2, 0.25) is 0 Å². The largest absolute Gasteiger partial charge is 0.545 e. The van der Waals surface area contributed by atoms with E-state index in [1.807, 2.05) is 42.5 Å². The molecule has 0 bridgehead atoms. The number of aromatic nitrogens is 3. The molecule has 3 aromatic rings. The molecule has 5 nitrogen and oxygen atoms in total. The van der Waals surface area contributed by atoms with E-state index in [4.69, 9.17) is 16.6 Å². The van der Waals surface area contributed by atoms with Crippen molar-refractivity contribution in [3.05, 3.63) is 55.2 Å². The van der Waals surface area contributed by atoms with Gasteiger partial charge in [-0.2, -0.15) is 0 Å². The van der Waals surface area contributed by atoms with Crippen molar-refractivity contribution in [2.75, 3.05) is 0 Å². The molecule has 0 saturated carbocycles.